The highest BCUT2D eigenvalue weighted by Gasteiger charge is 2.04. The van der Waals surface area contributed by atoms with Crippen LogP contribution in [0.3, 0.4) is 0 Å². The predicted octanol–water partition coefficient (Wildman–Crippen LogP) is 2.60. The third-order valence-corrected chi connectivity index (χ3v) is 2.88. The van der Waals surface area contributed by atoms with Crippen molar-refractivity contribution in [1.82, 2.24) is 9.55 Å². The molecule has 1 aromatic heterocycles. The van der Waals surface area contributed by atoms with E-state index in [9.17, 15) is 0 Å². The van der Waals surface area contributed by atoms with Gasteiger partial charge in [-0.05, 0) is 25.2 Å². The van der Waals surface area contributed by atoms with Gasteiger partial charge in [-0.25, -0.2) is 4.98 Å². The zero-order valence-corrected chi connectivity index (χ0v) is 10.8. The van der Waals surface area contributed by atoms with Crippen molar-refractivity contribution in [3.05, 3.63) is 18.2 Å². The van der Waals surface area contributed by atoms with Crippen LogP contribution < -0.4 is 5.73 Å². The minimum absolute atomic E-state index is 0.249. The van der Waals surface area contributed by atoms with E-state index in [-0.39, 0.29) is 6.04 Å². The second-order valence-electron chi connectivity index (χ2n) is 5.01. The Morgan fingerprint density at radius 2 is 2.19 bits per heavy atom. The molecule has 0 aromatic carbocycles. The molecule has 1 atom stereocenters. The number of hydrogen-bond acceptors (Lipinski definition) is 2. The summed E-state index contributed by atoms with van der Waals surface area (Å²) in [5.74, 6) is 0.788. The molecule has 3 heteroatoms. The molecule has 0 saturated carbocycles. The Bertz CT molecular complexity index is 291. The molecule has 0 aliphatic rings. The van der Waals surface area contributed by atoms with Gasteiger partial charge >= 0.3 is 0 Å². The van der Waals surface area contributed by atoms with Crippen LogP contribution in [-0.4, -0.2) is 15.6 Å². The summed E-state index contributed by atoms with van der Waals surface area (Å²) in [7, 11) is 0. The lowest BCUT2D eigenvalue weighted by Gasteiger charge is -2.06. The lowest BCUT2D eigenvalue weighted by Crippen LogP contribution is -2.21. The van der Waals surface area contributed by atoms with Gasteiger partial charge in [0.05, 0.1) is 12.0 Å². The van der Waals surface area contributed by atoms with E-state index in [2.05, 4.69) is 36.5 Å². The van der Waals surface area contributed by atoms with Crippen LogP contribution in [0, 0.1) is 5.92 Å². The van der Waals surface area contributed by atoms with Crippen LogP contribution in [0.25, 0.3) is 0 Å². The van der Waals surface area contributed by atoms with Crippen molar-refractivity contribution in [3.8, 4) is 0 Å². The van der Waals surface area contributed by atoms with Crippen molar-refractivity contribution in [2.45, 2.75) is 59.0 Å². The van der Waals surface area contributed by atoms with E-state index >= 15 is 0 Å². The summed E-state index contributed by atoms with van der Waals surface area (Å²) in [5.41, 5.74) is 7.03. The molecule has 0 fully saturated rings. The minimum atomic E-state index is 0.249. The van der Waals surface area contributed by atoms with Gasteiger partial charge in [0.1, 0.15) is 0 Å². The Kier molecular flexibility index (Phi) is 5.53. The van der Waals surface area contributed by atoms with Crippen LogP contribution in [0.5, 0.6) is 0 Å². The SMILES string of the molecule is CCC(N)Cc1cn(CCCC(C)C)cn1. The molecule has 1 heterocycles. The summed E-state index contributed by atoms with van der Waals surface area (Å²) >= 11 is 0. The predicted molar refractivity (Wildman–Crippen MR) is 68.3 cm³/mol. The number of aryl methyl sites for hydroxylation is 1. The number of aromatic nitrogens is 2. The minimum Gasteiger partial charge on any atom is -0.337 e. The van der Waals surface area contributed by atoms with Gasteiger partial charge in [0.15, 0.2) is 0 Å². The summed E-state index contributed by atoms with van der Waals surface area (Å²) in [5, 5.41) is 0. The Morgan fingerprint density at radius 1 is 1.44 bits per heavy atom. The number of imidazole rings is 1. The van der Waals surface area contributed by atoms with Crippen LogP contribution in [0.15, 0.2) is 12.5 Å². The summed E-state index contributed by atoms with van der Waals surface area (Å²) in [6.45, 7) is 7.72. The first kappa shape index (κ1) is 13.2. The quantitative estimate of drug-likeness (QED) is 0.772. The molecule has 1 unspecified atom stereocenters. The maximum Gasteiger partial charge on any atom is 0.0949 e. The van der Waals surface area contributed by atoms with E-state index in [0.29, 0.717) is 0 Å². The maximum absolute atomic E-state index is 5.90. The summed E-state index contributed by atoms with van der Waals surface area (Å²) in [4.78, 5) is 4.38. The largest absolute Gasteiger partial charge is 0.337 e. The van der Waals surface area contributed by atoms with E-state index < -0.39 is 0 Å². The molecule has 16 heavy (non-hydrogen) atoms. The second kappa shape index (κ2) is 6.69. The second-order valence-corrected chi connectivity index (χ2v) is 5.01. The van der Waals surface area contributed by atoms with Gasteiger partial charge in [-0.1, -0.05) is 20.8 Å². The van der Waals surface area contributed by atoms with Crippen molar-refractivity contribution in [1.29, 1.82) is 0 Å². The lowest BCUT2D eigenvalue weighted by molar-refractivity contribution is 0.511. The number of hydrogen-bond donors (Lipinski definition) is 1. The monoisotopic (exact) mass is 223 g/mol. The van der Waals surface area contributed by atoms with E-state index in [0.717, 1.165) is 31.0 Å². The average molecular weight is 223 g/mol. The Labute approximate surface area is 99.1 Å². The highest BCUT2D eigenvalue weighted by Crippen LogP contribution is 2.07. The molecular weight excluding hydrogens is 198 g/mol. The molecular formula is C13H25N3. The van der Waals surface area contributed by atoms with E-state index in [1.807, 2.05) is 6.33 Å². The molecule has 0 aliphatic carbocycles. The Morgan fingerprint density at radius 3 is 2.81 bits per heavy atom. The first-order chi connectivity index (χ1) is 7.61. The molecule has 0 bridgehead atoms. The van der Waals surface area contributed by atoms with Crippen molar-refractivity contribution in [2.24, 2.45) is 11.7 Å². The molecule has 2 N–H and O–H groups in total. The molecule has 0 radical (unpaired) electrons. The van der Waals surface area contributed by atoms with Gasteiger partial charge in [0, 0.05) is 25.2 Å². The number of rotatable bonds is 7. The fourth-order valence-corrected chi connectivity index (χ4v) is 1.73. The molecule has 3 nitrogen and oxygen atoms in total. The van der Waals surface area contributed by atoms with Gasteiger partial charge in [-0.3, -0.25) is 0 Å². The van der Waals surface area contributed by atoms with E-state index in [4.69, 9.17) is 5.73 Å². The molecule has 1 rings (SSSR count). The zero-order valence-electron chi connectivity index (χ0n) is 10.8. The maximum atomic E-state index is 5.90. The van der Waals surface area contributed by atoms with Gasteiger partial charge in [-0.15, -0.1) is 0 Å². The van der Waals surface area contributed by atoms with Gasteiger partial charge in [-0.2, -0.15) is 0 Å². The topological polar surface area (TPSA) is 43.8 Å². The van der Waals surface area contributed by atoms with Crippen LogP contribution in [0.4, 0.5) is 0 Å². The van der Waals surface area contributed by atoms with Crippen molar-refractivity contribution in [2.75, 3.05) is 0 Å². The first-order valence-corrected chi connectivity index (χ1v) is 6.38. The molecule has 0 saturated heterocycles. The normalized spacial score (nSPS) is 13.3. The molecule has 92 valence electrons. The van der Waals surface area contributed by atoms with Crippen LogP contribution in [-0.2, 0) is 13.0 Å². The van der Waals surface area contributed by atoms with Crippen molar-refractivity contribution < 1.29 is 0 Å². The number of nitrogens with zero attached hydrogens (tertiary/aromatic N) is 2. The summed E-state index contributed by atoms with van der Waals surface area (Å²) in [6, 6.07) is 0.249. The van der Waals surface area contributed by atoms with Crippen LogP contribution in [0.1, 0.15) is 45.7 Å². The van der Waals surface area contributed by atoms with E-state index in [1.165, 1.54) is 12.8 Å². The molecule has 0 aliphatic heterocycles. The Hall–Kier alpha value is -0.830. The lowest BCUT2D eigenvalue weighted by atomic mass is 10.1. The van der Waals surface area contributed by atoms with Gasteiger partial charge in [0.2, 0.25) is 0 Å². The van der Waals surface area contributed by atoms with E-state index in [1.54, 1.807) is 0 Å². The number of nitrogens with two attached hydrogens (primary N) is 1. The smallest absolute Gasteiger partial charge is 0.0949 e. The molecule has 0 spiro atoms. The summed E-state index contributed by atoms with van der Waals surface area (Å²) < 4.78 is 2.18. The van der Waals surface area contributed by atoms with Crippen LogP contribution >= 0.6 is 0 Å². The third kappa shape index (κ3) is 4.79. The van der Waals surface area contributed by atoms with Gasteiger partial charge in [0.25, 0.3) is 0 Å². The highest BCUT2D eigenvalue weighted by molar-refractivity contribution is 4.99. The van der Waals surface area contributed by atoms with Crippen LogP contribution in [0.2, 0.25) is 0 Å². The fraction of sp³-hybridized carbons (Fsp3) is 0.769. The highest BCUT2D eigenvalue weighted by atomic mass is 15.0. The average Bonchev–Trinajstić information content (AvgIpc) is 2.65. The fourth-order valence-electron chi connectivity index (χ4n) is 1.73. The zero-order chi connectivity index (χ0) is 12.0. The van der Waals surface area contributed by atoms with Crippen molar-refractivity contribution in [3.63, 3.8) is 0 Å². The van der Waals surface area contributed by atoms with Crippen molar-refractivity contribution >= 4 is 0 Å². The third-order valence-electron chi connectivity index (χ3n) is 2.88. The molecule has 1 aromatic rings. The molecule has 0 amide bonds. The Balaban J connectivity index is 2.33. The standard InChI is InChI=1S/C13H25N3/c1-4-12(14)8-13-9-16(10-15-13)7-5-6-11(2)3/h9-12H,4-8,14H2,1-3H3. The summed E-state index contributed by atoms with van der Waals surface area (Å²) in [6.07, 6.45) is 8.48. The van der Waals surface area contributed by atoms with Gasteiger partial charge < -0.3 is 10.3 Å². The first-order valence-electron chi connectivity index (χ1n) is 6.38.